The molecule has 142 valence electrons. The predicted molar refractivity (Wildman–Crippen MR) is 116 cm³/mol. The standard InChI is InChI=1S/C20H26FN3O.HI/c1-15-8-9-19(25-3)17(14-15)11-13-24-20(22-2)23-12-10-16-6-4-5-7-18(16)21;/h4-9,14H,10-13H2,1-3H3,(H2,22,23,24);1H. The zero-order chi connectivity index (χ0) is 18.1. The first-order valence-electron chi connectivity index (χ1n) is 8.45. The van der Waals surface area contributed by atoms with E-state index in [4.69, 9.17) is 4.74 Å². The smallest absolute Gasteiger partial charge is 0.190 e. The second-order valence-corrected chi connectivity index (χ2v) is 5.83. The fraction of sp³-hybridized carbons (Fsp3) is 0.350. The average molecular weight is 471 g/mol. The van der Waals surface area contributed by atoms with Gasteiger partial charge in [0, 0.05) is 20.1 Å². The summed E-state index contributed by atoms with van der Waals surface area (Å²) in [5.74, 6) is 1.44. The predicted octanol–water partition coefficient (Wildman–Crippen LogP) is 3.71. The van der Waals surface area contributed by atoms with Gasteiger partial charge in [-0.25, -0.2) is 4.39 Å². The van der Waals surface area contributed by atoms with Gasteiger partial charge in [-0.3, -0.25) is 4.99 Å². The summed E-state index contributed by atoms with van der Waals surface area (Å²) < 4.78 is 19.0. The van der Waals surface area contributed by atoms with Gasteiger partial charge in [-0.2, -0.15) is 0 Å². The van der Waals surface area contributed by atoms with Crippen LogP contribution in [-0.4, -0.2) is 33.2 Å². The largest absolute Gasteiger partial charge is 0.496 e. The minimum atomic E-state index is -0.168. The van der Waals surface area contributed by atoms with Crippen molar-refractivity contribution in [3.05, 3.63) is 65.0 Å². The second-order valence-electron chi connectivity index (χ2n) is 5.83. The molecule has 0 aliphatic rings. The normalized spacial score (nSPS) is 10.8. The lowest BCUT2D eigenvalue weighted by molar-refractivity contribution is 0.409. The molecule has 0 bridgehead atoms. The molecular formula is C20H27FIN3O. The molecule has 0 atom stereocenters. The zero-order valence-electron chi connectivity index (χ0n) is 15.5. The Morgan fingerprint density at radius 2 is 1.69 bits per heavy atom. The van der Waals surface area contributed by atoms with Gasteiger partial charge in [0.1, 0.15) is 11.6 Å². The van der Waals surface area contributed by atoms with Crippen LogP contribution in [0.2, 0.25) is 0 Å². The third kappa shape index (κ3) is 6.82. The van der Waals surface area contributed by atoms with E-state index >= 15 is 0 Å². The Hall–Kier alpha value is -1.83. The summed E-state index contributed by atoms with van der Waals surface area (Å²) in [6.45, 7) is 3.42. The lowest BCUT2D eigenvalue weighted by Gasteiger charge is -2.13. The number of nitrogens with zero attached hydrogens (tertiary/aromatic N) is 1. The molecule has 0 aliphatic carbocycles. The van der Waals surface area contributed by atoms with Crippen molar-refractivity contribution in [1.82, 2.24) is 10.6 Å². The molecule has 0 aromatic heterocycles. The van der Waals surface area contributed by atoms with Gasteiger partial charge in [0.25, 0.3) is 0 Å². The van der Waals surface area contributed by atoms with Crippen LogP contribution in [0.25, 0.3) is 0 Å². The van der Waals surface area contributed by atoms with Crippen molar-refractivity contribution in [3.8, 4) is 5.75 Å². The molecule has 26 heavy (non-hydrogen) atoms. The number of halogens is 2. The van der Waals surface area contributed by atoms with Crippen LogP contribution in [-0.2, 0) is 12.8 Å². The van der Waals surface area contributed by atoms with Crippen LogP contribution >= 0.6 is 24.0 Å². The number of aliphatic imine (C=N–C) groups is 1. The molecule has 4 nitrogen and oxygen atoms in total. The molecule has 2 rings (SSSR count). The number of rotatable bonds is 7. The van der Waals surface area contributed by atoms with Crippen LogP contribution in [0.5, 0.6) is 5.75 Å². The molecule has 0 radical (unpaired) electrons. The first-order chi connectivity index (χ1) is 12.1. The molecular weight excluding hydrogens is 444 g/mol. The van der Waals surface area contributed by atoms with Gasteiger partial charge in [0.15, 0.2) is 5.96 Å². The average Bonchev–Trinajstić information content (AvgIpc) is 2.62. The highest BCUT2D eigenvalue weighted by Gasteiger charge is 2.05. The highest BCUT2D eigenvalue weighted by atomic mass is 127. The molecule has 0 spiro atoms. The highest BCUT2D eigenvalue weighted by Crippen LogP contribution is 2.19. The number of hydrogen-bond acceptors (Lipinski definition) is 2. The van der Waals surface area contributed by atoms with Gasteiger partial charge in [-0.05, 0) is 43.0 Å². The topological polar surface area (TPSA) is 45.7 Å². The van der Waals surface area contributed by atoms with E-state index < -0.39 is 0 Å². The first kappa shape index (κ1) is 22.2. The first-order valence-corrected chi connectivity index (χ1v) is 8.45. The van der Waals surface area contributed by atoms with Gasteiger partial charge in [-0.15, -0.1) is 24.0 Å². The van der Waals surface area contributed by atoms with Crippen LogP contribution in [0.15, 0.2) is 47.5 Å². The summed E-state index contributed by atoms with van der Waals surface area (Å²) >= 11 is 0. The number of guanidine groups is 1. The van der Waals surface area contributed by atoms with Crippen LogP contribution in [0, 0.1) is 12.7 Å². The van der Waals surface area contributed by atoms with Crippen molar-refractivity contribution in [2.45, 2.75) is 19.8 Å². The van der Waals surface area contributed by atoms with Crippen molar-refractivity contribution < 1.29 is 9.13 Å². The number of ether oxygens (including phenoxy) is 1. The molecule has 0 saturated carbocycles. The summed E-state index contributed by atoms with van der Waals surface area (Å²) in [6, 6.07) is 13.0. The summed E-state index contributed by atoms with van der Waals surface area (Å²) in [5.41, 5.74) is 3.08. The van der Waals surface area contributed by atoms with Crippen molar-refractivity contribution in [2.24, 2.45) is 4.99 Å². The molecule has 0 heterocycles. The van der Waals surface area contributed by atoms with Crippen molar-refractivity contribution >= 4 is 29.9 Å². The maximum Gasteiger partial charge on any atom is 0.190 e. The van der Waals surface area contributed by atoms with E-state index in [1.54, 1.807) is 26.3 Å². The third-order valence-corrected chi connectivity index (χ3v) is 3.99. The van der Waals surface area contributed by atoms with E-state index in [-0.39, 0.29) is 29.8 Å². The summed E-state index contributed by atoms with van der Waals surface area (Å²) in [6.07, 6.45) is 1.44. The molecule has 0 amide bonds. The van der Waals surface area contributed by atoms with Gasteiger partial charge in [0.2, 0.25) is 0 Å². The second kappa shape index (κ2) is 11.7. The Bertz CT molecular complexity index is 722. The highest BCUT2D eigenvalue weighted by molar-refractivity contribution is 14.0. The Morgan fingerprint density at radius 3 is 2.31 bits per heavy atom. The number of nitrogens with one attached hydrogen (secondary N) is 2. The molecule has 6 heteroatoms. The van der Waals surface area contributed by atoms with E-state index in [2.05, 4.69) is 28.6 Å². The summed E-state index contributed by atoms with van der Waals surface area (Å²) in [5, 5.41) is 6.49. The third-order valence-electron chi connectivity index (χ3n) is 3.99. The maximum absolute atomic E-state index is 13.6. The molecule has 0 saturated heterocycles. The molecule has 2 aromatic carbocycles. The summed E-state index contributed by atoms with van der Waals surface area (Å²) in [4.78, 5) is 4.20. The minimum Gasteiger partial charge on any atom is -0.496 e. The molecule has 0 fully saturated rings. The lowest BCUT2D eigenvalue weighted by Crippen LogP contribution is -2.39. The summed E-state index contributed by atoms with van der Waals surface area (Å²) in [7, 11) is 3.41. The molecule has 0 unspecified atom stereocenters. The van der Waals surface area contributed by atoms with Gasteiger partial charge < -0.3 is 15.4 Å². The SMILES string of the molecule is CN=C(NCCc1ccccc1F)NCCc1cc(C)ccc1OC.I. The molecule has 0 aliphatic heterocycles. The van der Waals surface area contributed by atoms with E-state index in [0.29, 0.717) is 24.5 Å². The number of benzene rings is 2. The lowest BCUT2D eigenvalue weighted by atomic mass is 10.1. The van der Waals surface area contributed by atoms with Gasteiger partial charge in [0.05, 0.1) is 7.11 Å². The van der Waals surface area contributed by atoms with Crippen LogP contribution in [0.4, 0.5) is 4.39 Å². The van der Waals surface area contributed by atoms with Crippen molar-refractivity contribution in [3.63, 3.8) is 0 Å². The number of aryl methyl sites for hydroxylation is 1. The van der Waals surface area contributed by atoms with Crippen LogP contribution < -0.4 is 15.4 Å². The van der Waals surface area contributed by atoms with Gasteiger partial charge >= 0.3 is 0 Å². The van der Waals surface area contributed by atoms with E-state index in [9.17, 15) is 4.39 Å². The maximum atomic E-state index is 13.6. The molecule has 2 aromatic rings. The van der Waals surface area contributed by atoms with Crippen molar-refractivity contribution in [2.75, 3.05) is 27.2 Å². The van der Waals surface area contributed by atoms with E-state index in [0.717, 1.165) is 24.3 Å². The number of methoxy groups -OCH3 is 1. The van der Waals surface area contributed by atoms with Crippen LogP contribution in [0.3, 0.4) is 0 Å². The fourth-order valence-corrected chi connectivity index (χ4v) is 2.66. The Balaban J connectivity index is 0.00000338. The molecule has 2 N–H and O–H groups in total. The Labute approximate surface area is 172 Å². The van der Waals surface area contributed by atoms with E-state index in [1.807, 2.05) is 18.2 Å². The zero-order valence-corrected chi connectivity index (χ0v) is 17.8. The quantitative estimate of drug-likeness (QED) is 0.368. The van der Waals surface area contributed by atoms with Crippen LogP contribution in [0.1, 0.15) is 16.7 Å². The monoisotopic (exact) mass is 471 g/mol. The fourth-order valence-electron chi connectivity index (χ4n) is 2.66. The van der Waals surface area contributed by atoms with Gasteiger partial charge in [-0.1, -0.05) is 35.9 Å². The van der Waals surface area contributed by atoms with E-state index in [1.165, 1.54) is 11.6 Å². The minimum absolute atomic E-state index is 0. The Kier molecular flexibility index (Phi) is 10.0. The number of hydrogen-bond donors (Lipinski definition) is 2. The van der Waals surface area contributed by atoms with Crippen molar-refractivity contribution in [1.29, 1.82) is 0 Å². The Morgan fingerprint density at radius 1 is 1.04 bits per heavy atom.